The number of hydrogen-bond acceptors (Lipinski definition) is 6. The number of carbonyl (C=O) groups is 1. The van der Waals surface area contributed by atoms with Gasteiger partial charge in [0.2, 0.25) is 5.82 Å². The third-order valence-corrected chi connectivity index (χ3v) is 3.94. The van der Waals surface area contributed by atoms with Gasteiger partial charge in [-0.1, -0.05) is 0 Å². The summed E-state index contributed by atoms with van der Waals surface area (Å²) in [5.41, 5.74) is 1.88. The lowest BCUT2D eigenvalue weighted by atomic mass is 10.1. The Hall–Kier alpha value is -2.41. The van der Waals surface area contributed by atoms with Gasteiger partial charge in [-0.05, 0) is 25.8 Å². The molecule has 2 aromatic heterocycles. The van der Waals surface area contributed by atoms with Gasteiger partial charge in [0.25, 0.3) is 5.91 Å². The predicted octanol–water partition coefficient (Wildman–Crippen LogP) is 1.05. The van der Waals surface area contributed by atoms with Crippen LogP contribution in [0.3, 0.4) is 0 Å². The highest BCUT2D eigenvalue weighted by atomic mass is 16.5. The minimum absolute atomic E-state index is 0.00135. The molecule has 7 nitrogen and oxygen atoms in total. The molecule has 7 heteroatoms. The number of carbonyl (C=O) groups excluding carboxylic acids is 1. The number of aryl methyl sites for hydroxylation is 2. The van der Waals surface area contributed by atoms with Gasteiger partial charge < -0.3 is 9.64 Å². The summed E-state index contributed by atoms with van der Waals surface area (Å²) < 4.78 is 5.55. The number of ether oxygens (including phenoxy) is 1. The van der Waals surface area contributed by atoms with Gasteiger partial charge in [0, 0.05) is 31.3 Å². The predicted molar refractivity (Wildman–Crippen MR) is 82.8 cm³/mol. The summed E-state index contributed by atoms with van der Waals surface area (Å²) in [6.45, 7) is 3.57. The first-order chi connectivity index (χ1) is 11.3. The van der Waals surface area contributed by atoms with Crippen molar-refractivity contribution in [2.24, 2.45) is 0 Å². The molecule has 0 saturated carbocycles. The zero-order chi connectivity index (χ0) is 16.1. The van der Waals surface area contributed by atoms with Crippen LogP contribution in [0, 0.1) is 6.92 Å². The minimum Gasteiger partial charge on any atom is -0.377 e. The Morgan fingerprint density at radius 3 is 2.78 bits per heavy atom. The highest BCUT2D eigenvalue weighted by Gasteiger charge is 2.29. The summed E-state index contributed by atoms with van der Waals surface area (Å²) in [5.74, 6) is 0.0878. The summed E-state index contributed by atoms with van der Waals surface area (Å²) in [4.78, 5) is 31.1. The first-order valence-corrected chi connectivity index (χ1v) is 7.68. The van der Waals surface area contributed by atoms with E-state index >= 15 is 0 Å². The second-order valence-corrected chi connectivity index (χ2v) is 5.43. The van der Waals surface area contributed by atoms with E-state index < -0.39 is 0 Å². The monoisotopic (exact) mass is 313 g/mol. The van der Waals surface area contributed by atoms with Crippen molar-refractivity contribution in [3.63, 3.8) is 0 Å². The molecule has 0 unspecified atom stereocenters. The molecule has 0 aromatic carbocycles. The summed E-state index contributed by atoms with van der Waals surface area (Å²) in [6.07, 6.45) is 8.08. The van der Waals surface area contributed by atoms with Gasteiger partial charge in [-0.25, -0.2) is 9.97 Å². The summed E-state index contributed by atoms with van der Waals surface area (Å²) in [7, 11) is 0. The van der Waals surface area contributed by atoms with E-state index in [1.165, 1.54) is 0 Å². The third-order valence-electron chi connectivity index (χ3n) is 3.94. The number of hydrogen-bond donors (Lipinski definition) is 0. The van der Waals surface area contributed by atoms with Crippen LogP contribution in [-0.2, 0) is 11.2 Å². The van der Waals surface area contributed by atoms with Crippen LogP contribution in [0.5, 0.6) is 0 Å². The van der Waals surface area contributed by atoms with E-state index in [0.29, 0.717) is 19.8 Å². The Kier molecular flexibility index (Phi) is 4.87. The summed E-state index contributed by atoms with van der Waals surface area (Å²) in [5, 5.41) is 0. The van der Waals surface area contributed by atoms with Crippen LogP contribution in [0.25, 0.3) is 0 Å². The van der Waals surface area contributed by atoms with E-state index in [1.54, 1.807) is 30.9 Å². The molecule has 1 saturated heterocycles. The molecule has 3 rings (SSSR count). The maximum absolute atomic E-state index is 12.6. The SMILES string of the molecule is Cc1nccnc1CC[C@H]1COCCN1C(=O)c1ncccn1. The van der Waals surface area contributed by atoms with Crippen LogP contribution >= 0.6 is 0 Å². The molecule has 0 radical (unpaired) electrons. The van der Waals surface area contributed by atoms with Crippen LogP contribution in [-0.4, -0.2) is 56.5 Å². The lowest BCUT2D eigenvalue weighted by Crippen LogP contribution is -2.49. The van der Waals surface area contributed by atoms with Crippen LogP contribution in [0.1, 0.15) is 28.4 Å². The van der Waals surface area contributed by atoms with E-state index in [2.05, 4.69) is 19.9 Å². The quantitative estimate of drug-likeness (QED) is 0.839. The molecule has 0 spiro atoms. The molecular weight excluding hydrogens is 294 g/mol. The van der Waals surface area contributed by atoms with Crippen molar-refractivity contribution in [3.05, 3.63) is 48.1 Å². The van der Waals surface area contributed by atoms with E-state index in [0.717, 1.165) is 24.2 Å². The van der Waals surface area contributed by atoms with Gasteiger partial charge in [0.15, 0.2) is 0 Å². The van der Waals surface area contributed by atoms with Crippen molar-refractivity contribution in [1.82, 2.24) is 24.8 Å². The summed E-state index contributed by atoms with van der Waals surface area (Å²) >= 11 is 0. The Balaban J connectivity index is 1.69. The molecule has 0 bridgehead atoms. The Morgan fingerprint density at radius 1 is 1.22 bits per heavy atom. The fraction of sp³-hybridized carbons (Fsp3) is 0.438. The van der Waals surface area contributed by atoms with Crippen LogP contribution in [0.15, 0.2) is 30.9 Å². The largest absolute Gasteiger partial charge is 0.377 e. The second kappa shape index (κ2) is 7.23. The Morgan fingerprint density at radius 2 is 2.00 bits per heavy atom. The van der Waals surface area contributed by atoms with Gasteiger partial charge in [-0.2, -0.15) is 0 Å². The smallest absolute Gasteiger partial charge is 0.292 e. The highest BCUT2D eigenvalue weighted by molar-refractivity contribution is 5.90. The lowest BCUT2D eigenvalue weighted by molar-refractivity contribution is -0.00477. The van der Waals surface area contributed by atoms with Gasteiger partial charge in [-0.3, -0.25) is 14.8 Å². The van der Waals surface area contributed by atoms with Crippen molar-refractivity contribution in [2.75, 3.05) is 19.8 Å². The van der Waals surface area contributed by atoms with E-state index in [4.69, 9.17) is 4.74 Å². The van der Waals surface area contributed by atoms with Gasteiger partial charge in [0.1, 0.15) is 0 Å². The molecule has 1 amide bonds. The van der Waals surface area contributed by atoms with Crippen molar-refractivity contribution in [1.29, 1.82) is 0 Å². The van der Waals surface area contributed by atoms with Crippen LogP contribution < -0.4 is 0 Å². The molecule has 120 valence electrons. The molecular formula is C16H19N5O2. The zero-order valence-corrected chi connectivity index (χ0v) is 13.1. The van der Waals surface area contributed by atoms with Gasteiger partial charge in [-0.15, -0.1) is 0 Å². The van der Waals surface area contributed by atoms with Crippen molar-refractivity contribution < 1.29 is 9.53 Å². The molecule has 1 aliphatic rings. The zero-order valence-electron chi connectivity index (χ0n) is 13.1. The average molecular weight is 313 g/mol. The molecule has 0 aliphatic carbocycles. The van der Waals surface area contributed by atoms with Crippen molar-refractivity contribution >= 4 is 5.91 Å². The average Bonchev–Trinajstić information content (AvgIpc) is 2.61. The van der Waals surface area contributed by atoms with Crippen molar-refractivity contribution in [3.8, 4) is 0 Å². The lowest BCUT2D eigenvalue weighted by Gasteiger charge is -2.35. The van der Waals surface area contributed by atoms with Crippen LogP contribution in [0.4, 0.5) is 0 Å². The van der Waals surface area contributed by atoms with Gasteiger partial charge >= 0.3 is 0 Å². The third kappa shape index (κ3) is 3.68. The highest BCUT2D eigenvalue weighted by Crippen LogP contribution is 2.16. The minimum atomic E-state index is -0.144. The molecule has 1 atom stereocenters. The maximum atomic E-state index is 12.6. The Bertz CT molecular complexity index is 665. The standard InChI is InChI=1S/C16H19N5O2/c1-12-14(18-8-7-17-12)4-3-13-11-23-10-9-21(13)16(22)15-19-5-2-6-20-15/h2,5-8,13H,3-4,9-11H2,1H3/t13-/m0/s1. The molecule has 2 aromatic rings. The van der Waals surface area contributed by atoms with E-state index in [9.17, 15) is 4.79 Å². The molecule has 1 fully saturated rings. The summed E-state index contributed by atoms with van der Waals surface area (Å²) in [6, 6.07) is 1.70. The van der Waals surface area contributed by atoms with Crippen LogP contribution in [0.2, 0.25) is 0 Å². The fourth-order valence-electron chi connectivity index (χ4n) is 2.68. The van der Waals surface area contributed by atoms with Gasteiger partial charge in [0.05, 0.1) is 30.6 Å². The van der Waals surface area contributed by atoms with Crippen molar-refractivity contribution in [2.45, 2.75) is 25.8 Å². The number of nitrogens with zero attached hydrogens (tertiary/aromatic N) is 5. The first kappa shape index (κ1) is 15.5. The topological polar surface area (TPSA) is 81.1 Å². The number of morpholine rings is 1. The Labute approximate surface area is 134 Å². The maximum Gasteiger partial charge on any atom is 0.292 e. The second-order valence-electron chi connectivity index (χ2n) is 5.43. The molecule has 3 heterocycles. The normalized spacial score (nSPS) is 18.0. The number of amides is 1. The molecule has 1 aliphatic heterocycles. The number of rotatable bonds is 4. The first-order valence-electron chi connectivity index (χ1n) is 7.68. The number of aromatic nitrogens is 4. The van der Waals surface area contributed by atoms with E-state index in [1.807, 2.05) is 11.8 Å². The van der Waals surface area contributed by atoms with E-state index in [-0.39, 0.29) is 17.8 Å². The fourth-order valence-corrected chi connectivity index (χ4v) is 2.68. The molecule has 0 N–H and O–H groups in total. The molecule has 23 heavy (non-hydrogen) atoms.